The third kappa shape index (κ3) is 4.62. The number of hydrogen-bond acceptors (Lipinski definition) is 2. The molecule has 1 atom stereocenters. The summed E-state index contributed by atoms with van der Waals surface area (Å²) in [6, 6.07) is 15.6. The van der Waals surface area contributed by atoms with Crippen LogP contribution in [0.5, 0.6) is 0 Å². The maximum atomic E-state index is 3.64. The van der Waals surface area contributed by atoms with Crippen LogP contribution < -0.4 is 5.32 Å². The predicted octanol–water partition coefficient (Wildman–Crippen LogP) is 5.05. The van der Waals surface area contributed by atoms with Gasteiger partial charge in [-0.1, -0.05) is 30.3 Å². The van der Waals surface area contributed by atoms with Crippen molar-refractivity contribution in [2.24, 2.45) is 0 Å². The third-order valence-corrected chi connectivity index (χ3v) is 4.93. The Morgan fingerprint density at radius 3 is 2.33 bits per heavy atom. The van der Waals surface area contributed by atoms with E-state index >= 15 is 0 Å². The molecule has 0 bridgehead atoms. The van der Waals surface area contributed by atoms with Crippen molar-refractivity contribution in [1.29, 1.82) is 0 Å². The lowest BCUT2D eigenvalue weighted by atomic mass is 9.96. The van der Waals surface area contributed by atoms with Gasteiger partial charge in [-0.15, -0.1) is 11.8 Å². The van der Waals surface area contributed by atoms with Crippen LogP contribution >= 0.6 is 11.8 Å². The molecule has 0 aliphatic heterocycles. The molecule has 0 radical (unpaired) electrons. The Morgan fingerprint density at radius 1 is 0.952 bits per heavy atom. The van der Waals surface area contributed by atoms with E-state index in [0.717, 1.165) is 12.3 Å². The highest BCUT2D eigenvalue weighted by atomic mass is 32.2. The second kappa shape index (κ2) is 7.67. The molecule has 1 unspecified atom stereocenters. The van der Waals surface area contributed by atoms with Crippen molar-refractivity contribution in [3.63, 3.8) is 0 Å². The van der Waals surface area contributed by atoms with E-state index in [1.807, 2.05) is 11.8 Å². The number of hydrogen-bond donors (Lipinski definition) is 1. The molecule has 2 heteroatoms. The van der Waals surface area contributed by atoms with Crippen LogP contribution in [-0.2, 0) is 0 Å². The first-order chi connectivity index (χ1) is 10.1. The van der Waals surface area contributed by atoms with Crippen LogP contribution in [0, 0.1) is 20.8 Å². The van der Waals surface area contributed by atoms with Crippen LogP contribution in [0.25, 0.3) is 0 Å². The van der Waals surface area contributed by atoms with Gasteiger partial charge in [0.1, 0.15) is 0 Å². The van der Waals surface area contributed by atoms with Gasteiger partial charge in [-0.25, -0.2) is 0 Å². The van der Waals surface area contributed by atoms with Crippen LogP contribution in [0.3, 0.4) is 0 Å². The summed E-state index contributed by atoms with van der Waals surface area (Å²) < 4.78 is 0. The molecule has 0 amide bonds. The quantitative estimate of drug-likeness (QED) is 0.591. The molecule has 112 valence electrons. The van der Waals surface area contributed by atoms with Gasteiger partial charge in [-0.05, 0) is 62.1 Å². The number of nitrogens with one attached hydrogen (secondary N) is 1. The molecule has 0 saturated carbocycles. The van der Waals surface area contributed by atoms with E-state index in [-0.39, 0.29) is 0 Å². The lowest BCUT2D eigenvalue weighted by molar-refractivity contribution is 0.598. The molecule has 2 aromatic rings. The average molecular weight is 299 g/mol. The summed E-state index contributed by atoms with van der Waals surface area (Å²) in [5.74, 6) is 1.10. The molecule has 0 aliphatic rings. The molecule has 1 N–H and O–H groups in total. The fraction of sp³-hybridized carbons (Fsp3) is 0.368. The Labute approximate surface area is 133 Å². The Balaban J connectivity index is 1.85. The van der Waals surface area contributed by atoms with Crippen LogP contribution in [0.15, 0.2) is 47.4 Å². The number of rotatable bonds is 6. The molecule has 0 aliphatic carbocycles. The van der Waals surface area contributed by atoms with Crippen molar-refractivity contribution in [2.45, 2.75) is 38.6 Å². The van der Waals surface area contributed by atoms with Gasteiger partial charge in [0.05, 0.1) is 0 Å². The number of thioether (sulfide) groups is 1. The number of benzene rings is 2. The van der Waals surface area contributed by atoms with Gasteiger partial charge in [-0.2, -0.15) is 0 Å². The van der Waals surface area contributed by atoms with Crippen LogP contribution in [0.2, 0.25) is 0 Å². The molecule has 0 heterocycles. The summed E-state index contributed by atoms with van der Waals surface area (Å²) in [7, 11) is 0. The average Bonchev–Trinajstić information content (AvgIpc) is 2.48. The van der Waals surface area contributed by atoms with E-state index in [9.17, 15) is 0 Å². The minimum Gasteiger partial charge on any atom is -0.309 e. The fourth-order valence-corrected chi connectivity index (χ4v) is 3.33. The molecule has 0 saturated heterocycles. The smallest absolute Gasteiger partial charge is 0.0294 e. The molecule has 0 spiro atoms. The molecule has 2 aromatic carbocycles. The van der Waals surface area contributed by atoms with Gasteiger partial charge in [0, 0.05) is 23.2 Å². The summed E-state index contributed by atoms with van der Waals surface area (Å²) in [6.45, 7) is 9.85. The first-order valence-electron chi connectivity index (χ1n) is 7.57. The van der Waals surface area contributed by atoms with Crippen LogP contribution in [0.1, 0.15) is 35.2 Å². The lowest BCUT2D eigenvalue weighted by Crippen LogP contribution is -2.22. The molecule has 1 nitrogen and oxygen atoms in total. The van der Waals surface area contributed by atoms with Crippen molar-refractivity contribution in [1.82, 2.24) is 5.32 Å². The molecule has 0 fully saturated rings. The molecule has 21 heavy (non-hydrogen) atoms. The second-order valence-electron chi connectivity index (χ2n) is 5.63. The van der Waals surface area contributed by atoms with Crippen molar-refractivity contribution >= 4 is 11.8 Å². The van der Waals surface area contributed by atoms with Gasteiger partial charge < -0.3 is 5.32 Å². The van der Waals surface area contributed by atoms with Crippen LogP contribution in [-0.4, -0.2) is 12.3 Å². The maximum Gasteiger partial charge on any atom is 0.0294 e. The first kappa shape index (κ1) is 16.1. The largest absolute Gasteiger partial charge is 0.309 e. The highest BCUT2D eigenvalue weighted by molar-refractivity contribution is 7.99. The van der Waals surface area contributed by atoms with Gasteiger partial charge in [-0.3, -0.25) is 0 Å². The van der Waals surface area contributed by atoms with Gasteiger partial charge in [0.2, 0.25) is 0 Å². The summed E-state index contributed by atoms with van der Waals surface area (Å²) in [5, 5.41) is 3.64. The summed E-state index contributed by atoms with van der Waals surface area (Å²) in [6.07, 6.45) is 0. The Hall–Kier alpha value is -1.25. The topological polar surface area (TPSA) is 12.0 Å². The van der Waals surface area contributed by atoms with E-state index < -0.39 is 0 Å². The Kier molecular flexibility index (Phi) is 5.89. The normalized spacial score (nSPS) is 12.4. The SMILES string of the molecule is Cc1cc(C)c(C(C)NCCSc2ccccc2)cc1C. The van der Waals surface area contributed by atoms with E-state index in [4.69, 9.17) is 0 Å². The predicted molar refractivity (Wildman–Crippen MR) is 94.2 cm³/mol. The Bertz CT molecular complexity index is 578. The van der Waals surface area contributed by atoms with E-state index in [1.54, 1.807) is 0 Å². The zero-order valence-corrected chi connectivity index (χ0v) is 14.3. The zero-order chi connectivity index (χ0) is 15.2. The minimum atomic E-state index is 0.403. The molecule has 0 aromatic heterocycles. The second-order valence-corrected chi connectivity index (χ2v) is 6.80. The monoisotopic (exact) mass is 299 g/mol. The van der Waals surface area contributed by atoms with Crippen molar-refractivity contribution < 1.29 is 0 Å². The minimum absolute atomic E-state index is 0.403. The summed E-state index contributed by atoms with van der Waals surface area (Å²) in [4.78, 5) is 1.34. The lowest BCUT2D eigenvalue weighted by Gasteiger charge is -2.18. The summed E-state index contributed by atoms with van der Waals surface area (Å²) in [5.41, 5.74) is 5.56. The van der Waals surface area contributed by atoms with Gasteiger partial charge in [0.15, 0.2) is 0 Å². The fourth-order valence-electron chi connectivity index (χ4n) is 2.52. The molecule has 2 rings (SSSR count). The highest BCUT2D eigenvalue weighted by Crippen LogP contribution is 2.22. The standard InChI is InChI=1S/C19H25NS/c1-14-12-16(3)19(13-15(14)2)17(4)20-10-11-21-18-8-6-5-7-9-18/h5-9,12-13,17,20H,10-11H2,1-4H3. The molecular formula is C19H25NS. The van der Waals surface area contributed by atoms with Crippen LogP contribution in [0.4, 0.5) is 0 Å². The zero-order valence-electron chi connectivity index (χ0n) is 13.4. The van der Waals surface area contributed by atoms with Crippen molar-refractivity contribution in [2.75, 3.05) is 12.3 Å². The van der Waals surface area contributed by atoms with Gasteiger partial charge in [0.25, 0.3) is 0 Å². The van der Waals surface area contributed by atoms with Gasteiger partial charge >= 0.3 is 0 Å². The van der Waals surface area contributed by atoms with Crippen molar-refractivity contribution in [3.8, 4) is 0 Å². The summed E-state index contributed by atoms with van der Waals surface area (Å²) >= 11 is 1.90. The number of aryl methyl sites for hydroxylation is 3. The van der Waals surface area contributed by atoms with E-state index in [1.165, 1.54) is 27.1 Å². The van der Waals surface area contributed by atoms with E-state index in [0.29, 0.717) is 6.04 Å². The Morgan fingerprint density at radius 2 is 1.62 bits per heavy atom. The van der Waals surface area contributed by atoms with Crippen molar-refractivity contribution in [3.05, 3.63) is 64.7 Å². The first-order valence-corrected chi connectivity index (χ1v) is 8.55. The maximum absolute atomic E-state index is 3.64. The van der Waals surface area contributed by atoms with E-state index in [2.05, 4.69) is 75.5 Å². The highest BCUT2D eigenvalue weighted by Gasteiger charge is 2.09. The molecular weight excluding hydrogens is 274 g/mol. The third-order valence-electron chi connectivity index (χ3n) is 3.91.